The number of nitrogens with one attached hydrogen (secondary N) is 1. The average Bonchev–Trinajstić information content (AvgIpc) is 3.00. The van der Waals surface area contributed by atoms with E-state index in [1.54, 1.807) is 0 Å². The Bertz CT molecular complexity index is 861. The number of aromatic nitrogens is 3. The van der Waals surface area contributed by atoms with Crippen LogP contribution in [-0.4, -0.2) is 31.7 Å². The molecule has 0 saturated heterocycles. The molecule has 2 aromatic heterocycles. The van der Waals surface area contributed by atoms with Crippen LogP contribution in [-0.2, 0) is 11.0 Å². The van der Waals surface area contributed by atoms with Gasteiger partial charge in [0.05, 0.1) is 11.5 Å². The van der Waals surface area contributed by atoms with Crippen molar-refractivity contribution in [3.63, 3.8) is 0 Å². The number of aliphatic carboxylic acids is 1. The van der Waals surface area contributed by atoms with Crippen LogP contribution in [0.5, 0.6) is 0 Å². The quantitative estimate of drug-likeness (QED) is 0.838. The van der Waals surface area contributed by atoms with E-state index in [0.29, 0.717) is 0 Å². The summed E-state index contributed by atoms with van der Waals surface area (Å²) < 4.78 is 40.1. The third-order valence-electron chi connectivity index (χ3n) is 5.57. The molecule has 3 fully saturated rings. The van der Waals surface area contributed by atoms with Crippen LogP contribution in [0.15, 0.2) is 12.3 Å². The first-order valence-electron chi connectivity index (χ1n) is 8.36. The topological polar surface area (TPSA) is 79.5 Å². The predicted octanol–water partition coefficient (Wildman–Crippen LogP) is 3.70. The molecule has 2 atom stereocenters. The van der Waals surface area contributed by atoms with Crippen molar-refractivity contribution in [2.75, 3.05) is 5.32 Å². The summed E-state index contributed by atoms with van der Waals surface area (Å²) in [4.78, 5) is 15.8. The molecule has 5 rings (SSSR count). The van der Waals surface area contributed by atoms with Crippen LogP contribution in [0.3, 0.4) is 0 Å². The number of carbonyl (C=O) groups is 1. The summed E-state index contributed by atoms with van der Waals surface area (Å²) in [7, 11) is 0. The molecule has 0 aliphatic heterocycles. The van der Waals surface area contributed by atoms with Gasteiger partial charge in [-0.05, 0) is 55.2 Å². The zero-order valence-electron chi connectivity index (χ0n) is 13.5. The molecule has 0 amide bonds. The van der Waals surface area contributed by atoms with Gasteiger partial charge in [-0.1, -0.05) is 0 Å². The highest BCUT2D eigenvalue weighted by Crippen LogP contribution is 2.46. The highest BCUT2D eigenvalue weighted by atomic mass is 35.5. The number of hydrogen-bond acceptors (Lipinski definition) is 4. The fourth-order valence-corrected chi connectivity index (χ4v) is 4.57. The molecule has 6 nitrogen and oxygen atoms in total. The molecule has 0 radical (unpaired) electrons. The average molecular weight is 389 g/mol. The molecule has 0 spiro atoms. The van der Waals surface area contributed by atoms with E-state index >= 15 is 0 Å². The molecule has 0 unspecified atom stereocenters. The van der Waals surface area contributed by atoms with Gasteiger partial charge in [-0.3, -0.25) is 4.79 Å². The zero-order chi connectivity index (χ0) is 18.6. The third kappa shape index (κ3) is 2.87. The lowest BCUT2D eigenvalue weighted by molar-refractivity contribution is -0.148. The molecule has 140 valence electrons. The first-order valence-corrected chi connectivity index (χ1v) is 8.74. The minimum atomic E-state index is -4.52. The minimum Gasteiger partial charge on any atom is -0.481 e. The summed E-state index contributed by atoms with van der Waals surface area (Å²) in [5.74, 6) is -1.13. The molecule has 2 heterocycles. The van der Waals surface area contributed by atoms with Crippen LogP contribution >= 0.6 is 11.6 Å². The maximum absolute atomic E-state index is 13.0. The van der Waals surface area contributed by atoms with Crippen molar-refractivity contribution >= 4 is 28.9 Å². The van der Waals surface area contributed by atoms with Gasteiger partial charge >= 0.3 is 12.1 Å². The fraction of sp³-hybridized carbons (Fsp3) is 0.562. The molecule has 10 heteroatoms. The van der Waals surface area contributed by atoms with Gasteiger partial charge in [0, 0.05) is 12.2 Å². The number of halogens is 4. The Morgan fingerprint density at radius 3 is 2.54 bits per heavy atom. The number of alkyl halides is 3. The van der Waals surface area contributed by atoms with E-state index in [4.69, 9.17) is 11.6 Å². The predicted molar refractivity (Wildman–Crippen MR) is 87.0 cm³/mol. The summed E-state index contributed by atoms with van der Waals surface area (Å²) >= 11 is 5.86. The molecule has 3 saturated carbocycles. The molecule has 26 heavy (non-hydrogen) atoms. The lowest BCUT2D eigenvalue weighted by Crippen LogP contribution is -2.51. The van der Waals surface area contributed by atoms with Crippen molar-refractivity contribution in [3.05, 3.63) is 23.1 Å². The van der Waals surface area contributed by atoms with Gasteiger partial charge in [0.2, 0.25) is 5.28 Å². The van der Waals surface area contributed by atoms with Crippen LogP contribution < -0.4 is 5.32 Å². The van der Waals surface area contributed by atoms with E-state index in [-0.39, 0.29) is 34.5 Å². The molecule has 3 aliphatic carbocycles. The van der Waals surface area contributed by atoms with Crippen LogP contribution in [0.25, 0.3) is 5.52 Å². The Morgan fingerprint density at radius 2 is 1.92 bits per heavy atom. The van der Waals surface area contributed by atoms with Gasteiger partial charge in [-0.25, -0.2) is 4.52 Å². The van der Waals surface area contributed by atoms with Crippen LogP contribution in [0.4, 0.5) is 19.0 Å². The number of rotatable bonds is 3. The van der Waals surface area contributed by atoms with Crippen LogP contribution in [0, 0.1) is 17.8 Å². The summed E-state index contributed by atoms with van der Waals surface area (Å²) in [6.45, 7) is 0. The van der Waals surface area contributed by atoms with Crippen molar-refractivity contribution < 1.29 is 23.1 Å². The van der Waals surface area contributed by atoms with E-state index in [1.165, 1.54) is 0 Å². The maximum Gasteiger partial charge on any atom is 0.417 e. The van der Waals surface area contributed by atoms with E-state index in [0.717, 1.165) is 42.5 Å². The van der Waals surface area contributed by atoms with Gasteiger partial charge in [0.25, 0.3) is 0 Å². The molecule has 2 N–H and O–H groups in total. The van der Waals surface area contributed by atoms with Crippen molar-refractivity contribution in [2.24, 2.45) is 17.8 Å². The Balaban J connectivity index is 1.74. The van der Waals surface area contributed by atoms with Gasteiger partial charge in [0.15, 0.2) is 5.82 Å². The van der Waals surface area contributed by atoms with Crippen molar-refractivity contribution in [3.8, 4) is 0 Å². The van der Waals surface area contributed by atoms with E-state index < -0.39 is 23.6 Å². The summed E-state index contributed by atoms with van der Waals surface area (Å²) in [5, 5.41) is 16.3. The second-order valence-corrected chi connectivity index (χ2v) is 7.33. The minimum absolute atomic E-state index is 0.0702. The second kappa shape index (κ2) is 6.00. The number of fused-ring (bicyclic) bond motifs is 4. The number of carboxylic acids is 1. The zero-order valence-corrected chi connectivity index (χ0v) is 14.3. The lowest BCUT2D eigenvalue weighted by Gasteiger charge is -2.47. The first-order chi connectivity index (χ1) is 12.2. The van der Waals surface area contributed by atoms with Crippen molar-refractivity contribution in [1.82, 2.24) is 14.6 Å². The van der Waals surface area contributed by atoms with Crippen LogP contribution in [0.1, 0.15) is 31.2 Å². The Hall–Kier alpha value is -2.03. The van der Waals surface area contributed by atoms with Gasteiger partial charge in [-0.15, -0.1) is 5.10 Å². The number of nitrogens with zero attached hydrogens (tertiary/aromatic N) is 3. The maximum atomic E-state index is 13.0. The largest absolute Gasteiger partial charge is 0.481 e. The standard InChI is InChI=1S/C16H16ClF3N4O2/c17-15-22-13(10-5-9(16(18,19)20)6-24(10)23-15)21-12-8-3-1-7(2-4-8)11(12)14(25)26/h5-8,11-12H,1-4H2,(H,25,26)(H,21,22,23)/t7?,8?,11-,12-/m0/s1. The molecule has 0 aromatic carbocycles. The molecule has 3 aliphatic rings. The number of anilines is 1. The van der Waals surface area contributed by atoms with Gasteiger partial charge < -0.3 is 10.4 Å². The second-order valence-electron chi connectivity index (χ2n) is 6.99. The molecular weight excluding hydrogens is 373 g/mol. The highest BCUT2D eigenvalue weighted by molar-refractivity contribution is 6.28. The SMILES string of the molecule is O=C(O)[C@H]1C2CCC(CC2)[C@@H]1Nc1nc(Cl)nn2cc(C(F)(F)F)cc12. The van der Waals surface area contributed by atoms with Crippen molar-refractivity contribution in [2.45, 2.75) is 37.9 Å². The highest BCUT2D eigenvalue weighted by Gasteiger charge is 2.47. The monoisotopic (exact) mass is 388 g/mol. The Kier molecular flexibility index (Phi) is 4.02. The summed E-state index contributed by atoms with van der Waals surface area (Å²) in [5.41, 5.74) is -0.746. The molecule has 2 bridgehead atoms. The smallest absolute Gasteiger partial charge is 0.417 e. The summed E-state index contributed by atoms with van der Waals surface area (Å²) in [6.07, 6.45) is -0.154. The van der Waals surface area contributed by atoms with E-state index in [9.17, 15) is 23.1 Å². The van der Waals surface area contributed by atoms with Crippen LogP contribution in [0.2, 0.25) is 5.28 Å². The van der Waals surface area contributed by atoms with Gasteiger partial charge in [-0.2, -0.15) is 18.2 Å². The number of carboxylic acid groups (broad SMARTS) is 1. The Labute approximate surface area is 151 Å². The normalized spacial score (nSPS) is 28.5. The van der Waals surface area contributed by atoms with E-state index in [1.807, 2.05) is 0 Å². The third-order valence-corrected chi connectivity index (χ3v) is 5.73. The Morgan fingerprint density at radius 1 is 1.27 bits per heavy atom. The number of hydrogen-bond donors (Lipinski definition) is 2. The van der Waals surface area contributed by atoms with E-state index in [2.05, 4.69) is 15.4 Å². The first kappa shape index (κ1) is 17.4. The molecular formula is C16H16ClF3N4O2. The summed E-state index contributed by atoms with van der Waals surface area (Å²) in [6, 6.07) is 0.550. The van der Waals surface area contributed by atoms with Gasteiger partial charge in [0.1, 0.15) is 5.52 Å². The molecule has 2 aromatic rings. The fourth-order valence-electron chi connectivity index (χ4n) is 4.40. The lowest BCUT2D eigenvalue weighted by atomic mass is 9.61. The van der Waals surface area contributed by atoms with Crippen molar-refractivity contribution in [1.29, 1.82) is 0 Å².